The molecule has 1 aliphatic heterocycles. The van der Waals surface area contributed by atoms with Crippen LogP contribution in [0.25, 0.3) is 0 Å². The van der Waals surface area contributed by atoms with Crippen LogP contribution in [0, 0.1) is 0 Å². The van der Waals surface area contributed by atoms with Gasteiger partial charge in [-0.25, -0.2) is 9.78 Å². The van der Waals surface area contributed by atoms with Gasteiger partial charge >= 0.3 is 6.09 Å². The van der Waals surface area contributed by atoms with Crippen molar-refractivity contribution in [1.82, 2.24) is 9.97 Å². The zero-order valence-corrected chi connectivity index (χ0v) is 18.4. The van der Waals surface area contributed by atoms with Crippen molar-refractivity contribution in [2.24, 2.45) is 5.73 Å². The summed E-state index contributed by atoms with van der Waals surface area (Å²) in [6.07, 6.45) is 0.542. The van der Waals surface area contributed by atoms with Gasteiger partial charge in [0.25, 0.3) is 0 Å². The zero-order chi connectivity index (χ0) is 22.5. The topological polar surface area (TPSA) is 115 Å². The van der Waals surface area contributed by atoms with Crippen LogP contribution in [0.3, 0.4) is 0 Å². The van der Waals surface area contributed by atoms with Crippen LogP contribution < -0.4 is 26.0 Å². The fraction of sp³-hybridized carbons (Fsp3) is 0.190. The number of benzene rings is 2. The Hall–Kier alpha value is -3.27. The quantitative estimate of drug-likeness (QED) is 0.475. The first-order valence-corrected chi connectivity index (χ1v) is 10.5. The Kier molecular flexibility index (Phi) is 6.79. The Balaban J connectivity index is 1.58. The van der Waals surface area contributed by atoms with Gasteiger partial charge < -0.3 is 30.7 Å². The second-order valence-electron chi connectivity index (χ2n) is 6.85. The molecule has 1 aromatic heterocycles. The number of nitrogens with zero attached hydrogens (tertiary/aromatic N) is 3. The van der Waals surface area contributed by atoms with Gasteiger partial charge in [0.1, 0.15) is 5.02 Å². The number of hydrogen-bond donors (Lipinski definition) is 3. The van der Waals surface area contributed by atoms with Gasteiger partial charge in [-0.05, 0) is 36.4 Å². The number of anilines is 5. The molecule has 1 saturated heterocycles. The summed E-state index contributed by atoms with van der Waals surface area (Å²) in [6, 6.07) is 12.5. The molecule has 4 N–H and O–H groups in total. The first-order valence-electron chi connectivity index (χ1n) is 9.74. The third-order valence-electron chi connectivity index (χ3n) is 4.65. The number of halogens is 2. The minimum atomic E-state index is -0.922. The second kappa shape index (κ2) is 9.90. The van der Waals surface area contributed by atoms with Gasteiger partial charge in [-0.1, -0.05) is 23.2 Å². The summed E-state index contributed by atoms with van der Waals surface area (Å²) >= 11 is 12.2. The maximum atomic E-state index is 11.5. The van der Waals surface area contributed by atoms with E-state index in [9.17, 15) is 4.79 Å². The van der Waals surface area contributed by atoms with Crippen molar-refractivity contribution in [3.05, 3.63) is 58.7 Å². The standard InChI is InChI=1S/C21H20Cl2N6O3/c22-13-1-3-14(4-2-13)26-19-16(23)12-25-21(28-19)27-17-6-5-15(11-18(17)32-20(24)30)29-7-9-31-10-8-29/h1-6,11-12H,7-10H2,(H2,24,30)(H2,25,26,27,28). The minimum Gasteiger partial charge on any atom is -0.408 e. The SMILES string of the molecule is NC(=O)Oc1cc(N2CCOCC2)ccc1Nc1ncc(Cl)c(Nc2ccc(Cl)cc2)n1. The molecule has 0 aliphatic carbocycles. The summed E-state index contributed by atoms with van der Waals surface area (Å²) in [5.74, 6) is 0.903. The van der Waals surface area contributed by atoms with Crippen molar-refractivity contribution in [2.75, 3.05) is 41.8 Å². The highest BCUT2D eigenvalue weighted by Crippen LogP contribution is 2.33. The molecule has 0 spiro atoms. The van der Waals surface area contributed by atoms with Crippen molar-refractivity contribution >= 4 is 58.1 Å². The Labute approximate surface area is 194 Å². The van der Waals surface area contributed by atoms with Gasteiger partial charge in [0.15, 0.2) is 11.6 Å². The van der Waals surface area contributed by atoms with E-state index in [0.29, 0.717) is 34.8 Å². The van der Waals surface area contributed by atoms with Crippen LogP contribution in [0.2, 0.25) is 10.0 Å². The van der Waals surface area contributed by atoms with E-state index in [1.807, 2.05) is 6.07 Å². The lowest BCUT2D eigenvalue weighted by atomic mass is 10.2. The summed E-state index contributed by atoms with van der Waals surface area (Å²) in [7, 11) is 0. The van der Waals surface area contributed by atoms with Gasteiger partial charge in [0.05, 0.1) is 25.1 Å². The number of nitrogens with two attached hydrogens (primary N) is 1. The number of aromatic nitrogens is 2. The molecule has 0 bridgehead atoms. The fourth-order valence-electron chi connectivity index (χ4n) is 3.13. The highest BCUT2D eigenvalue weighted by molar-refractivity contribution is 6.33. The van der Waals surface area contributed by atoms with Gasteiger partial charge in [0.2, 0.25) is 5.95 Å². The van der Waals surface area contributed by atoms with Gasteiger partial charge in [-0.15, -0.1) is 0 Å². The van der Waals surface area contributed by atoms with E-state index < -0.39 is 6.09 Å². The lowest BCUT2D eigenvalue weighted by Gasteiger charge is -2.29. The molecule has 0 atom stereocenters. The van der Waals surface area contributed by atoms with Crippen LogP contribution in [0.15, 0.2) is 48.7 Å². The van der Waals surface area contributed by atoms with E-state index in [1.54, 1.807) is 36.4 Å². The van der Waals surface area contributed by atoms with Crippen molar-refractivity contribution < 1.29 is 14.3 Å². The van der Waals surface area contributed by atoms with Crippen molar-refractivity contribution in [3.8, 4) is 5.75 Å². The van der Waals surface area contributed by atoms with Crippen LogP contribution in [-0.4, -0.2) is 42.4 Å². The molecule has 0 radical (unpaired) electrons. The largest absolute Gasteiger partial charge is 0.410 e. The maximum absolute atomic E-state index is 11.5. The number of morpholine rings is 1. The molecule has 2 aromatic carbocycles. The van der Waals surface area contributed by atoms with E-state index >= 15 is 0 Å². The number of amides is 1. The molecule has 2 heterocycles. The average molecular weight is 475 g/mol. The number of rotatable bonds is 6. The monoisotopic (exact) mass is 474 g/mol. The van der Waals surface area contributed by atoms with Crippen molar-refractivity contribution in [1.29, 1.82) is 0 Å². The van der Waals surface area contributed by atoms with E-state index in [0.717, 1.165) is 24.5 Å². The smallest absolute Gasteiger partial charge is 0.408 e. The van der Waals surface area contributed by atoms with Gasteiger partial charge in [-0.2, -0.15) is 4.98 Å². The number of nitrogens with one attached hydrogen (secondary N) is 2. The first-order chi connectivity index (χ1) is 15.5. The van der Waals surface area contributed by atoms with Gasteiger partial charge in [-0.3, -0.25) is 0 Å². The van der Waals surface area contributed by atoms with Crippen molar-refractivity contribution in [3.63, 3.8) is 0 Å². The Morgan fingerprint density at radius 3 is 2.56 bits per heavy atom. The molecule has 0 saturated carbocycles. The molecule has 32 heavy (non-hydrogen) atoms. The number of carbonyl (C=O) groups is 1. The first kappa shape index (κ1) is 21.9. The van der Waals surface area contributed by atoms with Crippen LogP contribution in [0.5, 0.6) is 5.75 Å². The summed E-state index contributed by atoms with van der Waals surface area (Å²) in [5, 5.41) is 7.13. The Morgan fingerprint density at radius 2 is 1.84 bits per heavy atom. The predicted molar refractivity (Wildman–Crippen MR) is 125 cm³/mol. The van der Waals surface area contributed by atoms with Crippen LogP contribution >= 0.6 is 23.2 Å². The molecule has 9 nitrogen and oxygen atoms in total. The lowest BCUT2D eigenvalue weighted by Crippen LogP contribution is -2.36. The predicted octanol–water partition coefficient (Wildman–Crippen LogP) is 4.56. The molecule has 1 aliphatic rings. The third kappa shape index (κ3) is 5.50. The zero-order valence-electron chi connectivity index (χ0n) is 16.8. The summed E-state index contributed by atoms with van der Waals surface area (Å²) < 4.78 is 10.6. The summed E-state index contributed by atoms with van der Waals surface area (Å²) in [5.41, 5.74) is 7.38. The number of hydrogen-bond acceptors (Lipinski definition) is 8. The third-order valence-corrected chi connectivity index (χ3v) is 5.18. The molecular formula is C21H20Cl2N6O3. The normalized spacial score (nSPS) is 13.5. The second-order valence-corrected chi connectivity index (χ2v) is 7.69. The highest BCUT2D eigenvalue weighted by Gasteiger charge is 2.16. The van der Waals surface area contributed by atoms with Crippen LogP contribution in [0.4, 0.5) is 33.6 Å². The lowest BCUT2D eigenvalue weighted by molar-refractivity contribution is 0.122. The van der Waals surface area contributed by atoms with E-state index in [4.69, 9.17) is 38.4 Å². The minimum absolute atomic E-state index is 0.249. The average Bonchev–Trinajstić information content (AvgIpc) is 2.79. The molecule has 1 amide bonds. The fourth-order valence-corrected chi connectivity index (χ4v) is 3.40. The van der Waals surface area contributed by atoms with E-state index in [-0.39, 0.29) is 11.7 Å². The molecular weight excluding hydrogens is 455 g/mol. The van der Waals surface area contributed by atoms with Crippen LogP contribution in [-0.2, 0) is 4.74 Å². The molecule has 1 fully saturated rings. The summed E-state index contributed by atoms with van der Waals surface area (Å²) in [6.45, 7) is 2.74. The molecule has 166 valence electrons. The molecule has 0 unspecified atom stereocenters. The van der Waals surface area contributed by atoms with E-state index in [2.05, 4.69) is 25.5 Å². The molecule has 4 rings (SSSR count). The Bertz CT molecular complexity index is 1110. The number of carbonyl (C=O) groups excluding carboxylic acids is 1. The van der Waals surface area contributed by atoms with E-state index in [1.165, 1.54) is 6.20 Å². The van der Waals surface area contributed by atoms with Crippen molar-refractivity contribution in [2.45, 2.75) is 0 Å². The van der Waals surface area contributed by atoms with Gasteiger partial charge in [0, 0.05) is 35.6 Å². The number of ether oxygens (including phenoxy) is 2. The highest BCUT2D eigenvalue weighted by atomic mass is 35.5. The molecule has 3 aromatic rings. The molecule has 11 heteroatoms. The Morgan fingerprint density at radius 1 is 1.09 bits per heavy atom. The summed E-state index contributed by atoms with van der Waals surface area (Å²) in [4.78, 5) is 22.2. The maximum Gasteiger partial charge on any atom is 0.410 e. The van der Waals surface area contributed by atoms with Crippen LogP contribution in [0.1, 0.15) is 0 Å². The number of primary amides is 1.